The fourth-order valence-electron chi connectivity index (χ4n) is 1.86. The Morgan fingerprint density at radius 1 is 1.16 bits per heavy atom. The second-order valence-corrected chi connectivity index (χ2v) is 4.82. The molecule has 1 heterocycles. The first-order chi connectivity index (χ1) is 9.29. The summed E-state index contributed by atoms with van der Waals surface area (Å²) in [6.07, 6.45) is 1.98. The zero-order valence-corrected chi connectivity index (χ0v) is 12.0. The van der Waals surface area contributed by atoms with Crippen LogP contribution in [0.15, 0.2) is 18.2 Å². The molecule has 0 aromatic heterocycles. The van der Waals surface area contributed by atoms with E-state index in [1.165, 1.54) is 5.56 Å². The van der Waals surface area contributed by atoms with Gasteiger partial charge in [0.1, 0.15) is 13.2 Å². The van der Waals surface area contributed by atoms with E-state index in [9.17, 15) is 0 Å². The molecule has 2 N–H and O–H groups in total. The van der Waals surface area contributed by atoms with E-state index >= 15 is 0 Å². The summed E-state index contributed by atoms with van der Waals surface area (Å²) in [5.41, 5.74) is 1.22. The van der Waals surface area contributed by atoms with Crippen molar-refractivity contribution < 1.29 is 9.47 Å². The van der Waals surface area contributed by atoms with Gasteiger partial charge in [0.15, 0.2) is 16.6 Å². The lowest BCUT2D eigenvalue weighted by Gasteiger charge is -2.19. The highest BCUT2D eigenvalue weighted by molar-refractivity contribution is 7.80. The number of benzene rings is 1. The maximum atomic E-state index is 5.56. The lowest BCUT2D eigenvalue weighted by molar-refractivity contribution is 0.171. The number of fused-ring (bicyclic) bond motifs is 1. The van der Waals surface area contributed by atoms with Crippen molar-refractivity contribution >= 4 is 17.3 Å². The largest absolute Gasteiger partial charge is 0.486 e. The van der Waals surface area contributed by atoms with E-state index in [0.717, 1.165) is 42.5 Å². The topological polar surface area (TPSA) is 42.5 Å². The molecular weight excluding hydrogens is 260 g/mol. The van der Waals surface area contributed by atoms with Gasteiger partial charge in [-0.25, -0.2) is 0 Å². The zero-order chi connectivity index (χ0) is 13.5. The molecule has 0 fully saturated rings. The molecule has 0 amide bonds. The smallest absolute Gasteiger partial charge is 0.166 e. The Morgan fingerprint density at radius 3 is 2.68 bits per heavy atom. The van der Waals surface area contributed by atoms with Crippen molar-refractivity contribution in [1.29, 1.82) is 0 Å². The van der Waals surface area contributed by atoms with Crippen LogP contribution in [0.4, 0.5) is 0 Å². The predicted molar refractivity (Wildman–Crippen MR) is 80.0 cm³/mol. The van der Waals surface area contributed by atoms with Crippen molar-refractivity contribution in [3.63, 3.8) is 0 Å². The van der Waals surface area contributed by atoms with Crippen LogP contribution in [-0.2, 0) is 6.42 Å². The van der Waals surface area contributed by atoms with Gasteiger partial charge in [0.05, 0.1) is 0 Å². The summed E-state index contributed by atoms with van der Waals surface area (Å²) < 4.78 is 11.1. The third-order valence-electron chi connectivity index (χ3n) is 2.84. The molecule has 0 unspecified atom stereocenters. The van der Waals surface area contributed by atoms with Crippen LogP contribution in [0, 0.1) is 0 Å². The van der Waals surface area contributed by atoms with Crippen LogP contribution in [0.25, 0.3) is 0 Å². The lowest BCUT2D eigenvalue weighted by Crippen LogP contribution is -2.36. The van der Waals surface area contributed by atoms with Crippen LogP contribution in [0.1, 0.15) is 18.9 Å². The number of hydrogen-bond donors (Lipinski definition) is 2. The summed E-state index contributed by atoms with van der Waals surface area (Å²) in [6, 6.07) is 6.08. The highest BCUT2D eigenvalue weighted by atomic mass is 32.1. The van der Waals surface area contributed by atoms with Gasteiger partial charge >= 0.3 is 0 Å². The van der Waals surface area contributed by atoms with E-state index in [1.807, 2.05) is 12.1 Å². The molecule has 0 bridgehead atoms. The molecule has 1 aromatic carbocycles. The molecule has 1 aliphatic heterocycles. The van der Waals surface area contributed by atoms with Gasteiger partial charge in [0.25, 0.3) is 0 Å². The molecule has 4 nitrogen and oxygen atoms in total. The van der Waals surface area contributed by atoms with E-state index < -0.39 is 0 Å². The van der Waals surface area contributed by atoms with Crippen molar-refractivity contribution in [3.8, 4) is 11.5 Å². The summed E-state index contributed by atoms with van der Waals surface area (Å²) >= 11 is 5.17. The minimum Gasteiger partial charge on any atom is -0.486 e. The van der Waals surface area contributed by atoms with Crippen LogP contribution in [-0.4, -0.2) is 31.4 Å². The highest BCUT2D eigenvalue weighted by Gasteiger charge is 2.11. The first kappa shape index (κ1) is 13.9. The van der Waals surface area contributed by atoms with Crippen molar-refractivity contribution in [3.05, 3.63) is 23.8 Å². The zero-order valence-electron chi connectivity index (χ0n) is 11.2. The minimum absolute atomic E-state index is 0.625. The van der Waals surface area contributed by atoms with E-state index in [2.05, 4.69) is 23.6 Å². The molecule has 19 heavy (non-hydrogen) atoms. The number of ether oxygens (including phenoxy) is 2. The molecule has 0 saturated heterocycles. The van der Waals surface area contributed by atoms with Crippen LogP contribution >= 0.6 is 12.2 Å². The van der Waals surface area contributed by atoms with Gasteiger partial charge < -0.3 is 20.1 Å². The number of rotatable bonds is 5. The van der Waals surface area contributed by atoms with E-state index in [4.69, 9.17) is 21.7 Å². The van der Waals surface area contributed by atoms with Gasteiger partial charge in [0, 0.05) is 13.1 Å². The first-order valence-electron chi connectivity index (χ1n) is 6.70. The monoisotopic (exact) mass is 280 g/mol. The van der Waals surface area contributed by atoms with Crippen LogP contribution < -0.4 is 20.1 Å². The van der Waals surface area contributed by atoms with E-state index in [1.54, 1.807) is 0 Å². The van der Waals surface area contributed by atoms with Gasteiger partial charge in [-0.3, -0.25) is 0 Å². The summed E-state index contributed by atoms with van der Waals surface area (Å²) in [6.45, 7) is 5.10. The van der Waals surface area contributed by atoms with E-state index in [0.29, 0.717) is 13.2 Å². The van der Waals surface area contributed by atoms with Gasteiger partial charge in [-0.2, -0.15) is 0 Å². The quantitative estimate of drug-likeness (QED) is 0.806. The van der Waals surface area contributed by atoms with Crippen molar-refractivity contribution in [2.75, 3.05) is 26.3 Å². The fourth-order valence-corrected chi connectivity index (χ4v) is 2.07. The second-order valence-electron chi connectivity index (χ2n) is 4.41. The predicted octanol–water partition coefficient (Wildman–Crippen LogP) is 1.87. The van der Waals surface area contributed by atoms with Gasteiger partial charge in [0.2, 0.25) is 0 Å². The Labute approximate surface area is 119 Å². The number of hydrogen-bond acceptors (Lipinski definition) is 3. The molecule has 104 valence electrons. The standard InChI is InChI=1S/C14H20N2O2S/c1-2-6-15-14(19)16-7-5-11-3-4-12-13(10-11)18-9-8-17-12/h3-4,10H,2,5-9H2,1H3,(H2,15,16,19). The Balaban J connectivity index is 1.78. The highest BCUT2D eigenvalue weighted by Crippen LogP contribution is 2.30. The molecule has 1 aromatic rings. The van der Waals surface area contributed by atoms with Crippen molar-refractivity contribution in [2.45, 2.75) is 19.8 Å². The molecular formula is C14H20N2O2S. The summed E-state index contributed by atoms with van der Waals surface area (Å²) in [7, 11) is 0. The molecule has 0 aliphatic carbocycles. The SMILES string of the molecule is CCCNC(=S)NCCc1ccc2c(c1)OCCO2. The molecule has 0 radical (unpaired) electrons. The van der Waals surface area contributed by atoms with Gasteiger partial charge in [-0.05, 0) is 42.8 Å². The molecule has 0 saturated carbocycles. The average molecular weight is 280 g/mol. The Hall–Kier alpha value is -1.49. The van der Waals surface area contributed by atoms with Crippen LogP contribution in [0.5, 0.6) is 11.5 Å². The second kappa shape index (κ2) is 7.19. The molecule has 1 aliphatic rings. The third kappa shape index (κ3) is 4.28. The summed E-state index contributed by atoms with van der Waals surface area (Å²) in [5.74, 6) is 1.68. The summed E-state index contributed by atoms with van der Waals surface area (Å²) in [4.78, 5) is 0. The molecule has 2 rings (SSSR count). The normalized spacial score (nSPS) is 12.9. The molecule has 5 heteroatoms. The van der Waals surface area contributed by atoms with Gasteiger partial charge in [-0.15, -0.1) is 0 Å². The van der Waals surface area contributed by atoms with E-state index in [-0.39, 0.29) is 0 Å². The van der Waals surface area contributed by atoms with Gasteiger partial charge in [-0.1, -0.05) is 13.0 Å². The van der Waals surface area contributed by atoms with Crippen molar-refractivity contribution in [1.82, 2.24) is 10.6 Å². The minimum atomic E-state index is 0.625. The molecule has 0 atom stereocenters. The number of thiocarbonyl (C=S) groups is 1. The Bertz CT molecular complexity index is 437. The maximum absolute atomic E-state index is 5.56. The van der Waals surface area contributed by atoms with Crippen LogP contribution in [0.3, 0.4) is 0 Å². The Morgan fingerprint density at radius 2 is 1.89 bits per heavy atom. The van der Waals surface area contributed by atoms with Crippen molar-refractivity contribution in [2.24, 2.45) is 0 Å². The Kier molecular flexibility index (Phi) is 5.27. The average Bonchev–Trinajstić information content (AvgIpc) is 2.45. The molecule has 0 spiro atoms. The summed E-state index contributed by atoms with van der Waals surface area (Å²) in [5, 5.41) is 7.06. The lowest BCUT2D eigenvalue weighted by atomic mass is 10.1. The fraction of sp³-hybridized carbons (Fsp3) is 0.500. The maximum Gasteiger partial charge on any atom is 0.166 e. The van der Waals surface area contributed by atoms with Crippen LogP contribution in [0.2, 0.25) is 0 Å². The number of nitrogens with one attached hydrogen (secondary N) is 2. The third-order valence-corrected chi connectivity index (χ3v) is 3.13. The first-order valence-corrected chi connectivity index (χ1v) is 7.10.